The Labute approximate surface area is 184 Å². The third kappa shape index (κ3) is 3.16. The molecule has 2 fully saturated rings. The molecule has 1 N–H and O–H groups in total. The van der Waals surface area contributed by atoms with Crippen molar-refractivity contribution in [1.29, 1.82) is 0 Å². The molecule has 0 aliphatic carbocycles. The molecule has 8 heteroatoms. The van der Waals surface area contributed by atoms with E-state index in [1.54, 1.807) is 6.07 Å². The van der Waals surface area contributed by atoms with E-state index in [0.29, 0.717) is 31.6 Å². The number of halogens is 2. The largest absolute Gasteiger partial charge is 0.353 e. The van der Waals surface area contributed by atoms with Crippen LogP contribution in [0.3, 0.4) is 0 Å². The predicted molar refractivity (Wildman–Crippen MR) is 124 cm³/mol. The van der Waals surface area contributed by atoms with Crippen molar-refractivity contribution < 1.29 is 8.78 Å². The molecule has 3 atom stereocenters. The molecule has 0 bridgehead atoms. The van der Waals surface area contributed by atoms with Gasteiger partial charge in [0.2, 0.25) is 0 Å². The number of piperazine rings is 1. The Hall–Kier alpha value is -3.00. The third-order valence-corrected chi connectivity index (χ3v) is 6.58. The van der Waals surface area contributed by atoms with E-state index < -0.39 is 6.17 Å². The average Bonchev–Trinajstić information content (AvgIpc) is 3.35. The average molecular weight is 437 g/mol. The summed E-state index contributed by atoms with van der Waals surface area (Å²) in [5.74, 6) is 1.35. The topological polar surface area (TPSA) is 48.7 Å². The molecule has 0 saturated carbocycles. The van der Waals surface area contributed by atoms with E-state index in [-0.39, 0.29) is 5.82 Å². The maximum atomic E-state index is 14.0. The summed E-state index contributed by atoms with van der Waals surface area (Å²) in [7, 11) is 0. The Morgan fingerprint density at radius 3 is 2.50 bits per heavy atom. The summed E-state index contributed by atoms with van der Waals surface area (Å²) >= 11 is 0. The molecular formula is C24H26F2N6. The van der Waals surface area contributed by atoms with E-state index in [1.807, 2.05) is 23.1 Å². The van der Waals surface area contributed by atoms with Crippen molar-refractivity contribution in [2.24, 2.45) is 0 Å². The van der Waals surface area contributed by atoms with Crippen LogP contribution in [0.4, 0.5) is 20.4 Å². The number of anilines is 2. The number of pyridine rings is 1. The molecular weight excluding hydrogens is 410 g/mol. The van der Waals surface area contributed by atoms with Crippen LogP contribution in [0.2, 0.25) is 0 Å². The fourth-order valence-electron chi connectivity index (χ4n) is 5.27. The monoisotopic (exact) mass is 436 g/mol. The van der Waals surface area contributed by atoms with Gasteiger partial charge in [-0.15, -0.1) is 0 Å². The van der Waals surface area contributed by atoms with Gasteiger partial charge in [0.25, 0.3) is 0 Å². The third-order valence-electron chi connectivity index (χ3n) is 6.58. The van der Waals surface area contributed by atoms with Crippen molar-refractivity contribution >= 4 is 39.2 Å². The molecule has 3 aromatic heterocycles. The van der Waals surface area contributed by atoms with E-state index in [1.165, 1.54) is 12.1 Å². The Morgan fingerprint density at radius 2 is 1.75 bits per heavy atom. The molecule has 2 aliphatic rings. The lowest BCUT2D eigenvalue weighted by Gasteiger charge is -2.37. The van der Waals surface area contributed by atoms with Gasteiger partial charge in [0, 0.05) is 37.1 Å². The molecule has 2 saturated heterocycles. The lowest BCUT2D eigenvalue weighted by molar-refractivity contribution is 0.364. The zero-order chi connectivity index (χ0) is 22.0. The van der Waals surface area contributed by atoms with Gasteiger partial charge < -0.3 is 15.1 Å². The highest BCUT2D eigenvalue weighted by Crippen LogP contribution is 2.33. The Morgan fingerprint density at radius 1 is 0.938 bits per heavy atom. The van der Waals surface area contributed by atoms with Crippen LogP contribution in [-0.2, 0) is 0 Å². The standard InChI is InChI=1S/C24H26F2N6/c1-14-11-31(12-15(2)27-14)22-6-4-19-23(29-22)32-20-5-3-17(25)9-16(20)10-21(32)24(28-19)30-8-7-18(26)13-30/h3-6,9-10,14-15,18,27H,7-8,11-13H2,1-2H3/t14-,15+,18-/m0/s1. The van der Waals surface area contributed by atoms with Crippen LogP contribution in [0, 0.1) is 5.82 Å². The first-order chi connectivity index (χ1) is 15.5. The van der Waals surface area contributed by atoms with Crippen molar-refractivity contribution in [3.8, 4) is 0 Å². The van der Waals surface area contributed by atoms with Gasteiger partial charge in [-0.25, -0.2) is 18.7 Å². The number of hydrogen-bond donors (Lipinski definition) is 1. The van der Waals surface area contributed by atoms with Crippen LogP contribution in [0.1, 0.15) is 20.3 Å². The van der Waals surface area contributed by atoms with Crippen LogP contribution in [0.25, 0.3) is 27.6 Å². The second-order valence-electron chi connectivity index (χ2n) is 9.22. The number of nitrogens with zero attached hydrogens (tertiary/aromatic N) is 5. The maximum absolute atomic E-state index is 14.0. The molecule has 32 heavy (non-hydrogen) atoms. The number of alkyl halides is 1. The number of hydrogen-bond acceptors (Lipinski definition) is 5. The van der Waals surface area contributed by atoms with Crippen LogP contribution in [0.5, 0.6) is 0 Å². The van der Waals surface area contributed by atoms with Crippen molar-refractivity contribution in [1.82, 2.24) is 19.7 Å². The van der Waals surface area contributed by atoms with Crippen molar-refractivity contribution in [3.05, 3.63) is 42.2 Å². The van der Waals surface area contributed by atoms with Crippen LogP contribution in [0.15, 0.2) is 36.4 Å². The van der Waals surface area contributed by atoms with Gasteiger partial charge in [-0.2, -0.15) is 0 Å². The molecule has 4 aromatic rings. The highest BCUT2D eigenvalue weighted by Gasteiger charge is 2.27. The van der Waals surface area contributed by atoms with Crippen LogP contribution < -0.4 is 15.1 Å². The molecule has 6 nitrogen and oxygen atoms in total. The van der Waals surface area contributed by atoms with E-state index in [2.05, 4.69) is 28.5 Å². The molecule has 5 heterocycles. The summed E-state index contributed by atoms with van der Waals surface area (Å²) in [6, 6.07) is 11.5. The Balaban J connectivity index is 1.59. The second-order valence-corrected chi connectivity index (χ2v) is 9.22. The zero-order valence-electron chi connectivity index (χ0n) is 18.2. The zero-order valence-corrected chi connectivity index (χ0v) is 18.2. The minimum absolute atomic E-state index is 0.283. The summed E-state index contributed by atoms with van der Waals surface area (Å²) in [5.41, 5.74) is 3.19. The van der Waals surface area contributed by atoms with Gasteiger partial charge in [0.1, 0.15) is 23.3 Å². The number of fused-ring (bicyclic) bond motifs is 5. The molecule has 2 aliphatic heterocycles. The second kappa shape index (κ2) is 7.27. The van der Waals surface area contributed by atoms with Crippen molar-refractivity contribution in [3.63, 3.8) is 0 Å². The summed E-state index contributed by atoms with van der Waals surface area (Å²) in [6.45, 7) is 7.05. The molecule has 166 valence electrons. The normalized spacial score (nSPS) is 24.3. The van der Waals surface area contributed by atoms with Gasteiger partial charge in [0.05, 0.1) is 17.6 Å². The number of rotatable bonds is 2. The first kappa shape index (κ1) is 19.7. The maximum Gasteiger partial charge on any atom is 0.166 e. The highest BCUT2D eigenvalue weighted by molar-refractivity contribution is 5.96. The Kier molecular flexibility index (Phi) is 4.47. The van der Waals surface area contributed by atoms with Crippen LogP contribution >= 0.6 is 0 Å². The number of benzene rings is 1. The Bertz CT molecular complexity index is 1320. The van der Waals surface area contributed by atoms with Gasteiger partial charge in [0.15, 0.2) is 11.5 Å². The summed E-state index contributed by atoms with van der Waals surface area (Å²) in [4.78, 5) is 14.2. The van der Waals surface area contributed by atoms with Gasteiger partial charge >= 0.3 is 0 Å². The van der Waals surface area contributed by atoms with Crippen LogP contribution in [-0.4, -0.2) is 58.8 Å². The smallest absolute Gasteiger partial charge is 0.166 e. The highest BCUT2D eigenvalue weighted by atomic mass is 19.1. The molecule has 1 aromatic carbocycles. The fourth-order valence-corrected chi connectivity index (χ4v) is 5.27. The SMILES string of the molecule is C[C@@H]1CN(c2ccc3nc(N4CC[C@H](F)C4)c4cc5cc(F)ccc5n4c3n2)C[C@H](C)N1. The first-order valence-corrected chi connectivity index (χ1v) is 11.3. The molecule has 0 radical (unpaired) electrons. The first-order valence-electron chi connectivity index (χ1n) is 11.3. The summed E-state index contributed by atoms with van der Waals surface area (Å²) in [6.07, 6.45) is -0.358. The lowest BCUT2D eigenvalue weighted by atomic mass is 10.1. The van der Waals surface area contributed by atoms with E-state index in [4.69, 9.17) is 9.97 Å². The minimum Gasteiger partial charge on any atom is -0.353 e. The summed E-state index contributed by atoms with van der Waals surface area (Å²) in [5, 5.41) is 4.34. The quantitative estimate of drug-likeness (QED) is 0.516. The molecule has 0 unspecified atom stereocenters. The van der Waals surface area contributed by atoms with Crippen molar-refractivity contribution in [2.45, 2.75) is 38.5 Å². The van der Waals surface area contributed by atoms with Gasteiger partial charge in [-0.05, 0) is 56.7 Å². The summed E-state index contributed by atoms with van der Waals surface area (Å²) < 4.78 is 30.1. The minimum atomic E-state index is -0.855. The lowest BCUT2D eigenvalue weighted by Crippen LogP contribution is -2.54. The van der Waals surface area contributed by atoms with E-state index in [0.717, 1.165) is 52.3 Å². The fraction of sp³-hybridized carbons (Fsp3) is 0.417. The van der Waals surface area contributed by atoms with Gasteiger partial charge in [-0.1, -0.05) is 0 Å². The van der Waals surface area contributed by atoms with E-state index >= 15 is 0 Å². The van der Waals surface area contributed by atoms with Gasteiger partial charge in [-0.3, -0.25) is 4.40 Å². The number of nitrogens with one attached hydrogen (secondary N) is 1. The van der Waals surface area contributed by atoms with Crippen molar-refractivity contribution in [2.75, 3.05) is 36.0 Å². The molecule has 0 amide bonds. The molecule has 6 rings (SSSR count). The van der Waals surface area contributed by atoms with E-state index in [9.17, 15) is 8.78 Å². The number of aromatic nitrogens is 3. The predicted octanol–water partition coefficient (Wildman–Crippen LogP) is 3.91. The molecule has 0 spiro atoms.